The molecule has 0 spiro atoms. The standard InChI is InChI=1S/C24H27F4NO4S/c1-23(2,25)14-19(29-3)21(30)33-20(22(31)32-15-17-7-5-4-6-8-17)13-16-9-11-18(12-10-16)34-24(26,27)28/h4-12,19-20,29H,13-15H2,1-3H3/t19-,20+/m0/s1. The van der Waals surface area contributed by atoms with Gasteiger partial charge in [-0.15, -0.1) is 0 Å². The summed E-state index contributed by atoms with van der Waals surface area (Å²) in [5.41, 5.74) is -4.90. The fraction of sp³-hybridized carbons (Fsp3) is 0.417. The van der Waals surface area contributed by atoms with Crippen molar-refractivity contribution in [3.63, 3.8) is 0 Å². The van der Waals surface area contributed by atoms with E-state index < -0.39 is 35.3 Å². The molecule has 0 heterocycles. The molecule has 0 unspecified atom stereocenters. The number of nitrogens with one attached hydrogen (secondary N) is 1. The largest absolute Gasteiger partial charge is 0.458 e. The number of alkyl halides is 4. The molecule has 0 aliphatic carbocycles. The average Bonchev–Trinajstić information content (AvgIpc) is 2.75. The van der Waals surface area contributed by atoms with E-state index in [0.717, 1.165) is 5.56 Å². The van der Waals surface area contributed by atoms with Crippen molar-refractivity contribution in [3.05, 3.63) is 65.7 Å². The number of carbonyl (C=O) groups excluding carboxylic acids is 2. The lowest BCUT2D eigenvalue weighted by Crippen LogP contribution is -2.43. The zero-order chi connectivity index (χ0) is 25.4. The van der Waals surface area contributed by atoms with Crippen molar-refractivity contribution in [2.75, 3.05) is 7.05 Å². The predicted molar refractivity (Wildman–Crippen MR) is 121 cm³/mol. The van der Waals surface area contributed by atoms with Gasteiger partial charge in [0.05, 0.1) is 0 Å². The van der Waals surface area contributed by atoms with E-state index in [0.29, 0.717) is 5.56 Å². The smallest absolute Gasteiger partial charge is 0.446 e. The van der Waals surface area contributed by atoms with E-state index in [9.17, 15) is 27.2 Å². The highest BCUT2D eigenvalue weighted by molar-refractivity contribution is 8.00. The van der Waals surface area contributed by atoms with Crippen molar-refractivity contribution in [2.45, 2.75) is 61.5 Å². The second-order valence-corrected chi connectivity index (χ2v) is 9.32. The highest BCUT2D eigenvalue weighted by Gasteiger charge is 2.33. The molecule has 2 aromatic carbocycles. The highest BCUT2D eigenvalue weighted by Crippen LogP contribution is 2.36. The van der Waals surface area contributed by atoms with Gasteiger partial charge in [0.15, 0.2) is 0 Å². The van der Waals surface area contributed by atoms with Crippen LogP contribution in [0.4, 0.5) is 17.6 Å². The van der Waals surface area contributed by atoms with Gasteiger partial charge in [0.1, 0.15) is 18.3 Å². The summed E-state index contributed by atoms with van der Waals surface area (Å²) in [5, 5.41) is 2.68. The molecule has 0 saturated heterocycles. The minimum Gasteiger partial charge on any atom is -0.458 e. The topological polar surface area (TPSA) is 64.6 Å². The first kappa shape index (κ1) is 27.7. The lowest BCUT2D eigenvalue weighted by molar-refractivity contribution is -0.170. The van der Waals surface area contributed by atoms with Crippen molar-refractivity contribution in [1.82, 2.24) is 5.32 Å². The molecule has 0 aromatic heterocycles. The average molecular weight is 502 g/mol. The zero-order valence-electron chi connectivity index (χ0n) is 19.0. The number of ether oxygens (including phenoxy) is 2. The molecule has 10 heteroatoms. The summed E-state index contributed by atoms with van der Waals surface area (Å²) in [7, 11) is 1.47. The van der Waals surface area contributed by atoms with Gasteiger partial charge in [-0.1, -0.05) is 42.5 Å². The Labute approximate surface area is 200 Å². The van der Waals surface area contributed by atoms with E-state index in [1.807, 2.05) is 0 Å². The van der Waals surface area contributed by atoms with Crippen molar-refractivity contribution in [2.24, 2.45) is 0 Å². The third-order valence-electron chi connectivity index (χ3n) is 4.65. The number of hydrogen-bond donors (Lipinski definition) is 1. The molecule has 0 aliphatic heterocycles. The number of esters is 2. The summed E-state index contributed by atoms with van der Waals surface area (Å²) >= 11 is -0.258. The quantitative estimate of drug-likeness (QED) is 0.259. The zero-order valence-corrected chi connectivity index (χ0v) is 19.8. The molecule has 0 amide bonds. The summed E-state index contributed by atoms with van der Waals surface area (Å²) in [6.45, 7) is 2.58. The predicted octanol–water partition coefficient (Wildman–Crippen LogP) is 5.22. The Hall–Kier alpha value is -2.59. The summed E-state index contributed by atoms with van der Waals surface area (Å²) in [5.74, 6) is -1.65. The van der Waals surface area contributed by atoms with E-state index in [1.54, 1.807) is 30.3 Å². The number of likely N-dealkylation sites (N-methyl/N-ethyl adjacent to an activating group) is 1. The van der Waals surface area contributed by atoms with Crippen LogP contribution in [0.2, 0.25) is 0 Å². The third kappa shape index (κ3) is 10.1. The Morgan fingerprint density at radius 3 is 2.09 bits per heavy atom. The van der Waals surface area contributed by atoms with Gasteiger partial charge in [0.25, 0.3) is 0 Å². The van der Waals surface area contributed by atoms with Crippen LogP contribution in [0.25, 0.3) is 0 Å². The number of rotatable bonds is 11. The maximum absolute atomic E-state index is 14.1. The second-order valence-electron chi connectivity index (χ2n) is 8.18. The Balaban J connectivity index is 2.15. The number of carbonyl (C=O) groups is 2. The van der Waals surface area contributed by atoms with Gasteiger partial charge in [-0.3, -0.25) is 4.79 Å². The lowest BCUT2D eigenvalue weighted by Gasteiger charge is -2.24. The Kier molecular flexibility index (Phi) is 9.93. The summed E-state index contributed by atoms with van der Waals surface area (Å²) in [4.78, 5) is 25.4. The van der Waals surface area contributed by atoms with Crippen LogP contribution < -0.4 is 5.32 Å². The molecule has 0 bridgehead atoms. The molecule has 1 N–H and O–H groups in total. The Morgan fingerprint density at radius 2 is 1.56 bits per heavy atom. The van der Waals surface area contributed by atoms with Gasteiger partial charge in [0.2, 0.25) is 6.10 Å². The van der Waals surface area contributed by atoms with Gasteiger partial charge in [-0.2, -0.15) is 13.2 Å². The third-order valence-corrected chi connectivity index (χ3v) is 5.39. The van der Waals surface area contributed by atoms with Crippen molar-refractivity contribution in [3.8, 4) is 0 Å². The molecule has 0 saturated carbocycles. The van der Waals surface area contributed by atoms with E-state index in [-0.39, 0.29) is 36.1 Å². The first-order valence-electron chi connectivity index (χ1n) is 10.5. The van der Waals surface area contributed by atoms with E-state index in [1.165, 1.54) is 45.2 Å². The molecule has 5 nitrogen and oxygen atoms in total. The van der Waals surface area contributed by atoms with E-state index in [4.69, 9.17) is 9.47 Å². The number of thioether (sulfide) groups is 1. The Bertz CT molecular complexity index is 931. The molecule has 2 atom stereocenters. The molecular formula is C24H27F4NO4S. The highest BCUT2D eigenvalue weighted by atomic mass is 32.2. The van der Waals surface area contributed by atoms with Gasteiger partial charge < -0.3 is 14.8 Å². The first-order chi connectivity index (χ1) is 15.9. The van der Waals surface area contributed by atoms with Crippen LogP contribution in [-0.2, 0) is 32.1 Å². The van der Waals surface area contributed by atoms with Crippen LogP contribution in [0, 0.1) is 0 Å². The summed E-state index contributed by atoms with van der Waals surface area (Å²) in [6, 6.07) is 13.2. The molecule has 0 fully saturated rings. The van der Waals surface area contributed by atoms with Crippen LogP contribution in [0.3, 0.4) is 0 Å². The lowest BCUT2D eigenvalue weighted by atomic mass is 10.0. The minimum atomic E-state index is -4.42. The van der Waals surface area contributed by atoms with Crippen molar-refractivity contribution in [1.29, 1.82) is 0 Å². The second kappa shape index (κ2) is 12.2. The number of benzene rings is 2. The van der Waals surface area contributed by atoms with Crippen molar-refractivity contribution < 1.29 is 36.6 Å². The fourth-order valence-electron chi connectivity index (χ4n) is 3.05. The van der Waals surface area contributed by atoms with E-state index >= 15 is 0 Å². The molecular weight excluding hydrogens is 474 g/mol. The maximum Gasteiger partial charge on any atom is 0.446 e. The fourth-order valence-corrected chi connectivity index (χ4v) is 3.59. The molecule has 186 valence electrons. The normalized spacial score (nSPS) is 13.7. The number of hydrogen-bond acceptors (Lipinski definition) is 6. The van der Waals surface area contributed by atoms with Crippen LogP contribution in [-0.4, -0.2) is 42.3 Å². The SMILES string of the molecule is CN[C@@H](CC(C)(C)F)C(=O)O[C@H](Cc1ccc(SC(F)(F)F)cc1)C(=O)OCc1ccccc1. The van der Waals surface area contributed by atoms with Gasteiger partial charge in [0, 0.05) is 17.7 Å². The van der Waals surface area contributed by atoms with Crippen molar-refractivity contribution >= 4 is 23.7 Å². The van der Waals surface area contributed by atoms with Crippen LogP contribution in [0.1, 0.15) is 31.4 Å². The minimum absolute atomic E-state index is 0.0168. The van der Waals surface area contributed by atoms with Gasteiger partial charge in [-0.25, -0.2) is 9.18 Å². The molecule has 0 aliphatic rings. The summed E-state index contributed by atoms with van der Waals surface area (Å²) in [6.07, 6.45) is -1.67. The van der Waals surface area contributed by atoms with Gasteiger partial charge in [-0.05, 0) is 55.9 Å². The number of halogens is 4. The van der Waals surface area contributed by atoms with Gasteiger partial charge >= 0.3 is 17.4 Å². The molecule has 0 radical (unpaired) electrons. The van der Waals surface area contributed by atoms with Crippen LogP contribution in [0.5, 0.6) is 0 Å². The van der Waals surface area contributed by atoms with Crippen LogP contribution >= 0.6 is 11.8 Å². The first-order valence-corrected chi connectivity index (χ1v) is 11.3. The monoisotopic (exact) mass is 501 g/mol. The van der Waals surface area contributed by atoms with Crippen LogP contribution in [0.15, 0.2) is 59.5 Å². The molecule has 34 heavy (non-hydrogen) atoms. The summed E-state index contributed by atoms with van der Waals surface area (Å²) < 4.78 is 62.5. The van der Waals surface area contributed by atoms with E-state index in [2.05, 4.69) is 5.32 Å². The maximum atomic E-state index is 14.1. The molecule has 2 rings (SSSR count). The molecule has 2 aromatic rings. The Morgan fingerprint density at radius 1 is 0.941 bits per heavy atom.